The van der Waals surface area contributed by atoms with Gasteiger partial charge in [-0.15, -0.1) is 0 Å². The van der Waals surface area contributed by atoms with Crippen molar-refractivity contribution in [3.05, 3.63) is 40.1 Å². The van der Waals surface area contributed by atoms with Crippen molar-refractivity contribution in [3.8, 4) is 0 Å². The molecule has 1 saturated heterocycles. The van der Waals surface area contributed by atoms with E-state index < -0.39 is 0 Å². The molecule has 1 aromatic carbocycles. The molecule has 2 heterocycles. The molecular formula is C15H19N3O3. The number of hydrogen-bond acceptors (Lipinski definition) is 5. The van der Waals surface area contributed by atoms with E-state index in [4.69, 9.17) is 4.42 Å². The van der Waals surface area contributed by atoms with Crippen molar-refractivity contribution in [2.75, 3.05) is 13.1 Å². The third kappa shape index (κ3) is 2.77. The van der Waals surface area contributed by atoms with Gasteiger partial charge in [-0.05, 0) is 19.9 Å². The molecule has 3 rings (SSSR count). The Morgan fingerprint density at radius 3 is 3.05 bits per heavy atom. The largest absolute Gasteiger partial charge is 0.464 e. The van der Waals surface area contributed by atoms with Crippen molar-refractivity contribution in [2.24, 2.45) is 0 Å². The van der Waals surface area contributed by atoms with Crippen LogP contribution in [-0.2, 0) is 6.54 Å². The maximum atomic E-state index is 11.1. The van der Waals surface area contributed by atoms with E-state index in [1.807, 2.05) is 0 Å². The molecule has 1 N–H and O–H groups in total. The van der Waals surface area contributed by atoms with Crippen LogP contribution in [0.2, 0.25) is 0 Å². The second-order valence-corrected chi connectivity index (χ2v) is 5.79. The molecule has 1 aromatic heterocycles. The van der Waals surface area contributed by atoms with Gasteiger partial charge < -0.3 is 9.73 Å². The molecule has 1 fully saturated rings. The van der Waals surface area contributed by atoms with Crippen LogP contribution in [0.1, 0.15) is 19.4 Å². The Hall–Kier alpha value is -1.92. The van der Waals surface area contributed by atoms with E-state index in [1.54, 1.807) is 24.5 Å². The predicted octanol–water partition coefficient (Wildman–Crippen LogP) is 2.52. The summed E-state index contributed by atoms with van der Waals surface area (Å²) in [5.74, 6) is 0. The van der Waals surface area contributed by atoms with Crippen molar-refractivity contribution < 1.29 is 9.34 Å². The van der Waals surface area contributed by atoms with Gasteiger partial charge in [-0.25, -0.2) is 0 Å². The van der Waals surface area contributed by atoms with Crippen LogP contribution < -0.4 is 5.32 Å². The van der Waals surface area contributed by atoms with E-state index in [9.17, 15) is 10.1 Å². The highest BCUT2D eigenvalue weighted by atomic mass is 16.6. The number of non-ortho nitro benzene ring substituents is 1. The summed E-state index contributed by atoms with van der Waals surface area (Å²) in [4.78, 5) is 13.1. The van der Waals surface area contributed by atoms with E-state index in [0.29, 0.717) is 18.6 Å². The molecule has 0 aliphatic carbocycles. The number of piperazine rings is 1. The van der Waals surface area contributed by atoms with Crippen LogP contribution in [0.5, 0.6) is 0 Å². The van der Waals surface area contributed by atoms with Crippen LogP contribution in [0, 0.1) is 10.1 Å². The highest BCUT2D eigenvalue weighted by molar-refractivity contribution is 5.83. The van der Waals surface area contributed by atoms with Crippen LogP contribution in [0.15, 0.2) is 28.9 Å². The third-order valence-corrected chi connectivity index (χ3v) is 4.09. The first-order valence-corrected chi connectivity index (χ1v) is 7.16. The lowest BCUT2D eigenvalue weighted by atomic mass is 10.1. The lowest BCUT2D eigenvalue weighted by molar-refractivity contribution is -0.384. The Kier molecular flexibility index (Phi) is 3.65. The Balaban J connectivity index is 1.95. The van der Waals surface area contributed by atoms with E-state index in [1.165, 1.54) is 0 Å². The first kappa shape index (κ1) is 14.0. The fourth-order valence-corrected chi connectivity index (χ4v) is 2.90. The summed E-state index contributed by atoms with van der Waals surface area (Å²) in [5, 5.41) is 15.3. The molecule has 6 heteroatoms. The zero-order valence-electron chi connectivity index (χ0n) is 12.2. The Bertz CT molecular complexity index is 667. The van der Waals surface area contributed by atoms with Gasteiger partial charge >= 0.3 is 0 Å². The number of nitro benzene ring substituents is 1. The molecule has 6 nitrogen and oxygen atoms in total. The van der Waals surface area contributed by atoms with E-state index in [0.717, 1.165) is 29.6 Å². The van der Waals surface area contributed by atoms with Crippen molar-refractivity contribution in [2.45, 2.75) is 32.5 Å². The second-order valence-electron chi connectivity index (χ2n) is 5.79. The molecular weight excluding hydrogens is 270 g/mol. The van der Waals surface area contributed by atoms with Crippen molar-refractivity contribution >= 4 is 16.7 Å². The molecule has 2 aromatic rings. The molecule has 0 spiro atoms. The van der Waals surface area contributed by atoms with Gasteiger partial charge in [0.15, 0.2) is 0 Å². The molecule has 2 atom stereocenters. The summed E-state index contributed by atoms with van der Waals surface area (Å²) in [6.45, 7) is 6.83. The van der Waals surface area contributed by atoms with Gasteiger partial charge in [0.2, 0.25) is 0 Å². The van der Waals surface area contributed by atoms with Gasteiger partial charge in [0.05, 0.1) is 11.2 Å². The number of hydrogen-bond donors (Lipinski definition) is 1. The standard InChI is InChI=1S/C15H19N3O3/c1-10-8-17(11(2)7-16-10)9-13-6-14(18(19)20)5-12-3-4-21-15(12)13/h3-6,10-11,16H,7-9H2,1-2H3. The van der Waals surface area contributed by atoms with Gasteiger partial charge in [0.1, 0.15) is 5.58 Å². The van der Waals surface area contributed by atoms with Crippen LogP contribution in [0.3, 0.4) is 0 Å². The number of furan rings is 1. The van der Waals surface area contributed by atoms with Gasteiger partial charge in [0, 0.05) is 54.8 Å². The van der Waals surface area contributed by atoms with E-state index in [2.05, 4.69) is 24.1 Å². The molecule has 21 heavy (non-hydrogen) atoms. The van der Waals surface area contributed by atoms with Crippen LogP contribution in [0.25, 0.3) is 11.0 Å². The Morgan fingerprint density at radius 2 is 2.29 bits per heavy atom. The summed E-state index contributed by atoms with van der Waals surface area (Å²) < 4.78 is 5.52. The number of rotatable bonds is 3. The van der Waals surface area contributed by atoms with Gasteiger partial charge in [-0.2, -0.15) is 0 Å². The third-order valence-electron chi connectivity index (χ3n) is 4.09. The quantitative estimate of drug-likeness (QED) is 0.694. The zero-order valence-corrected chi connectivity index (χ0v) is 12.2. The minimum absolute atomic E-state index is 0.120. The van der Waals surface area contributed by atoms with E-state index >= 15 is 0 Å². The van der Waals surface area contributed by atoms with E-state index in [-0.39, 0.29) is 10.6 Å². The van der Waals surface area contributed by atoms with Crippen molar-refractivity contribution in [1.82, 2.24) is 10.2 Å². The number of benzene rings is 1. The minimum Gasteiger partial charge on any atom is -0.464 e. The lowest BCUT2D eigenvalue weighted by Crippen LogP contribution is -2.53. The summed E-state index contributed by atoms with van der Waals surface area (Å²) in [7, 11) is 0. The average molecular weight is 289 g/mol. The molecule has 0 amide bonds. The number of fused-ring (bicyclic) bond motifs is 1. The lowest BCUT2D eigenvalue weighted by Gasteiger charge is -2.37. The SMILES string of the molecule is CC1CN(Cc2cc([N+](=O)[O-])cc3ccoc23)C(C)CN1. The normalized spacial score (nSPS) is 23.5. The number of nitrogens with one attached hydrogen (secondary N) is 1. The topological polar surface area (TPSA) is 71.5 Å². The maximum absolute atomic E-state index is 11.1. The Labute approximate surface area is 122 Å². The second kappa shape index (κ2) is 5.46. The highest BCUT2D eigenvalue weighted by Gasteiger charge is 2.24. The smallest absolute Gasteiger partial charge is 0.270 e. The summed E-state index contributed by atoms with van der Waals surface area (Å²) in [6, 6.07) is 5.78. The van der Waals surface area contributed by atoms with Gasteiger partial charge in [-0.1, -0.05) is 0 Å². The molecule has 1 aliphatic heterocycles. The molecule has 0 radical (unpaired) electrons. The first-order chi connectivity index (χ1) is 10.0. The summed E-state index contributed by atoms with van der Waals surface area (Å²) in [5.41, 5.74) is 1.75. The van der Waals surface area contributed by atoms with Crippen molar-refractivity contribution in [3.63, 3.8) is 0 Å². The summed E-state index contributed by atoms with van der Waals surface area (Å²) >= 11 is 0. The number of nitro groups is 1. The monoisotopic (exact) mass is 289 g/mol. The first-order valence-electron chi connectivity index (χ1n) is 7.16. The molecule has 112 valence electrons. The summed E-state index contributed by atoms with van der Waals surface area (Å²) in [6.07, 6.45) is 1.59. The van der Waals surface area contributed by atoms with Crippen LogP contribution in [-0.4, -0.2) is 35.0 Å². The molecule has 0 saturated carbocycles. The fourth-order valence-electron chi connectivity index (χ4n) is 2.90. The Morgan fingerprint density at radius 1 is 1.48 bits per heavy atom. The van der Waals surface area contributed by atoms with Gasteiger partial charge in [-0.3, -0.25) is 15.0 Å². The van der Waals surface area contributed by atoms with Crippen molar-refractivity contribution in [1.29, 1.82) is 0 Å². The molecule has 2 unspecified atom stereocenters. The maximum Gasteiger partial charge on any atom is 0.270 e. The zero-order chi connectivity index (χ0) is 15.0. The molecule has 0 bridgehead atoms. The fraction of sp³-hybridized carbons (Fsp3) is 0.467. The van der Waals surface area contributed by atoms with Crippen LogP contribution in [0.4, 0.5) is 5.69 Å². The van der Waals surface area contributed by atoms with Gasteiger partial charge in [0.25, 0.3) is 5.69 Å². The minimum atomic E-state index is -0.347. The highest BCUT2D eigenvalue weighted by Crippen LogP contribution is 2.28. The average Bonchev–Trinajstić information content (AvgIpc) is 2.91. The van der Waals surface area contributed by atoms with Crippen LogP contribution >= 0.6 is 0 Å². The molecule has 1 aliphatic rings. The predicted molar refractivity (Wildman–Crippen MR) is 80.2 cm³/mol. The number of nitrogens with zero attached hydrogens (tertiary/aromatic N) is 2.